The molecule has 0 amide bonds. The number of carbonyl (C=O) groups is 2. The topological polar surface area (TPSA) is 303 Å². The number of benzene rings is 4. The van der Waals surface area contributed by atoms with E-state index in [4.69, 9.17) is 64.5 Å². The van der Waals surface area contributed by atoms with Crippen LogP contribution in [0.25, 0.3) is 0 Å². The van der Waals surface area contributed by atoms with E-state index in [2.05, 4.69) is 0 Å². The number of Topliss-reactive ketones (excluding diaryl/α,β-unsaturated/α-hetero) is 2. The number of hydrogen-bond donors (Lipinski definition) is 11. The average molecular weight is 1740 g/mol. The number of para-hydroxylation sites is 6. The molecule has 6 atom stereocenters. The lowest BCUT2D eigenvalue weighted by atomic mass is 9.95. The third-order valence-electron chi connectivity index (χ3n) is 17.1. The maximum Gasteiger partial charge on any atom is 0.160 e. The van der Waals surface area contributed by atoms with E-state index in [0.29, 0.717) is 34.6 Å². The van der Waals surface area contributed by atoms with Crippen molar-refractivity contribution in [2.45, 2.75) is 471 Å². The number of phenols is 4. The van der Waals surface area contributed by atoms with Gasteiger partial charge in [0, 0.05) is 54.1 Å². The van der Waals surface area contributed by atoms with E-state index in [1.165, 1.54) is 104 Å². The van der Waals surface area contributed by atoms with Crippen molar-refractivity contribution in [3.63, 3.8) is 0 Å². The number of hydrogen-bond acceptors (Lipinski definition) is 18. The fourth-order valence-electron chi connectivity index (χ4n) is 11.3. The van der Waals surface area contributed by atoms with Crippen LogP contribution < -0.4 is 9.47 Å². The molecule has 8 aliphatic carbocycles. The molecule has 8 fully saturated rings. The first-order valence-corrected chi connectivity index (χ1v) is 35.7. The number of ether oxygens (including phenoxy) is 5. The van der Waals surface area contributed by atoms with Crippen LogP contribution in [0.5, 0.6) is 34.5 Å². The van der Waals surface area contributed by atoms with E-state index < -0.39 is 0 Å². The highest BCUT2D eigenvalue weighted by molar-refractivity contribution is 5.79. The van der Waals surface area contributed by atoms with E-state index in [1.54, 1.807) is 118 Å². The highest BCUT2D eigenvalue weighted by Crippen LogP contribution is 2.26. The number of phenolic OH excluding ortho intramolecular Hbond substituents is 4. The molecular formula is C102H226O18. The molecule has 0 aliphatic heterocycles. The van der Waals surface area contributed by atoms with Gasteiger partial charge in [0.1, 0.15) is 23.1 Å². The smallest absolute Gasteiger partial charge is 0.160 e. The van der Waals surface area contributed by atoms with Crippen LogP contribution >= 0.6 is 0 Å². The fourth-order valence-corrected chi connectivity index (χ4v) is 11.3. The van der Waals surface area contributed by atoms with E-state index in [-0.39, 0.29) is 245 Å². The van der Waals surface area contributed by atoms with E-state index in [9.17, 15) is 24.9 Å². The first-order valence-electron chi connectivity index (χ1n) is 35.7. The van der Waals surface area contributed by atoms with Gasteiger partial charge in [0.2, 0.25) is 0 Å². The summed E-state index contributed by atoms with van der Waals surface area (Å²) in [7, 11) is 9.04. The van der Waals surface area contributed by atoms with Crippen LogP contribution in [0.3, 0.4) is 0 Å². The van der Waals surface area contributed by atoms with Crippen molar-refractivity contribution in [3.05, 3.63) is 109 Å². The molecule has 6 unspecified atom stereocenters. The molecule has 11 N–H and O–H groups in total. The van der Waals surface area contributed by atoms with Crippen LogP contribution in [0.2, 0.25) is 0 Å². The average Bonchev–Trinajstić information content (AvgIpc) is 0.939. The maximum atomic E-state index is 10.5. The molecule has 742 valence electrons. The summed E-state index contributed by atoms with van der Waals surface area (Å²) in [6.07, 6.45) is 40.9. The summed E-state index contributed by atoms with van der Waals surface area (Å²) in [5.74, 6) is 2.96. The Morgan fingerprint density at radius 2 is 0.408 bits per heavy atom. The minimum absolute atomic E-state index is 0. The Hall–Kier alpha value is -5.38. The fraction of sp³-hybridized carbons (Fsp3) is 0.745. The van der Waals surface area contributed by atoms with Crippen LogP contribution in [0.4, 0.5) is 0 Å². The summed E-state index contributed by atoms with van der Waals surface area (Å²) in [6, 6.07) is 31.1. The van der Waals surface area contributed by atoms with Crippen molar-refractivity contribution in [2.75, 3.05) is 42.7 Å². The van der Waals surface area contributed by atoms with Gasteiger partial charge in [0.05, 0.1) is 69.2 Å². The summed E-state index contributed by atoms with van der Waals surface area (Å²) in [5, 5.41) is 96.7. The molecule has 4 aromatic rings. The number of methoxy groups -OCH3 is 5. The molecule has 0 aromatic heterocycles. The Morgan fingerprint density at radius 1 is 0.233 bits per heavy atom. The molecule has 120 heavy (non-hydrogen) atoms. The molecule has 18 nitrogen and oxygen atoms in total. The highest BCUT2D eigenvalue weighted by atomic mass is 16.5. The molecule has 8 saturated carbocycles. The lowest BCUT2D eigenvalue weighted by Gasteiger charge is -2.25. The van der Waals surface area contributed by atoms with Crippen molar-refractivity contribution < 1.29 is 89.4 Å². The SMILES string of the molecule is C.C.C.C.C.C.C.C.C.C.C.C.C.C.C.C.C.C.C.C.C.C.C.C.CO.COC1CCCCC1O.COC1CCCCC1O.COC1CCCCC1O.COc1ccccc1O.COc1ccccc1O.O=C1CCCCC1.O=C1CCCCC1.OC1CCCCC1.OC1CCCCC1.OC1CCCCC1.Oc1ccccc1.Oc1ccccc1. The van der Waals surface area contributed by atoms with E-state index in [1.807, 2.05) is 12.1 Å². The summed E-state index contributed by atoms with van der Waals surface area (Å²) in [5.41, 5.74) is 0. The predicted octanol–water partition coefficient (Wildman–Crippen LogP) is 30.2. The van der Waals surface area contributed by atoms with Crippen LogP contribution in [-0.2, 0) is 23.8 Å². The quantitative estimate of drug-likeness (QED) is 0.0885. The molecule has 0 saturated heterocycles. The van der Waals surface area contributed by atoms with Gasteiger partial charge >= 0.3 is 0 Å². The van der Waals surface area contributed by atoms with Gasteiger partial charge in [-0.05, 0) is 151 Å². The third kappa shape index (κ3) is 105. The number of aliphatic hydroxyl groups is 7. The third-order valence-corrected chi connectivity index (χ3v) is 17.1. The van der Waals surface area contributed by atoms with Crippen molar-refractivity contribution in [1.29, 1.82) is 0 Å². The second-order valence-electron chi connectivity index (χ2n) is 25.0. The molecule has 0 radical (unpaired) electrons. The predicted molar refractivity (Wildman–Crippen MR) is 544 cm³/mol. The summed E-state index contributed by atoms with van der Waals surface area (Å²) in [4.78, 5) is 20.9. The summed E-state index contributed by atoms with van der Waals surface area (Å²) < 4.78 is 24.8. The standard InChI is InChI=1S/3C7H14O2.2C7H8O2.3C6H12O.2C6H10O.2C6H6O.CH4O.24CH4/c5*1-9-7-5-3-2-4-6(7)8;7*7-6-4-2-1-3-5-6;1-2;;;;;;;;;;;;;;;;;;;;;;;;/h3*6-8H,2-5H2,1H3;2*2-5,8H,1H3;3*6-7H,1-5H2;2*1-5H2;2*1-5,7H;2H,1H3;24*1H4. The number of rotatable bonds is 5. The second-order valence-corrected chi connectivity index (χ2v) is 25.0. The maximum absolute atomic E-state index is 10.5. The van der Waals surface area contributed by atoms with Crippen molar-refractivity contribution in [2.24, 2.45) is 0 Å². The van der Waals surface area contributed by atoms with Crippen LogP contribution in [-0.4, -0.2) is 165 Å². The number of carbonyl (C=O) groups excluding carboxylic acids is 2. The first-order chi connectivity index (χ1) is 46.5. The largest absolute Gasteiger partial charge is 0.508 e. The minimum Gasteiger partial charge on any atom is -0.508 e. The highest BCUT2D eigenvalue weighted by Gasteiger charge is 2.24. The Bertz CT molecular complexity index is 2120. The number of ketones is 2. The van der Waals surface area contributed by atoms with Gasteiger partial charge in [-0.1, -0.05) is 348 Å². The molecule has 0 bridgehead atoms. The Labute approximate surface area is 754 Å². The first kappa shape index (κ1) is 184. The molecule has 8 aliphatic rings. The molecular weight excluding hydrogens is 1510 g/mol. The van der Waals surface area contributed by atoms with Crippen LogP contribution in [0, 0.1) is 0 Å². The molecule has 0 heterocycles. The minimum atomic E-state index is -0.205. The molecule has 4 aromatic carbocycles. The number of aliphatic hydroxyl groups excluding tert-OH is 7. The molecule has 0 spiro atoms. The summed E-state index contributed by atoms with van der Waals surface area (Å²) >= 11 is 0. The zero-order chi connectivity index (χ0) is 71.2. The van der Waals surface area contributed by atoms with Crippen molar-refractivity contribution in [1.82, 2.24) is 0 Å². The van der Waals surface area contributed by atoms with E-state index in [0.717, 1.165) is 155 Å². The lowest BCUT2D eigenvalue weighted by Crippen LogP contribution is -2.30. The second kappa shape index (κ2) is 129. The summed E-state index contributed by atoms with van der Waals surface area (Å²) in [6.45, 7) is 0. The van der Waals surface area contributed by atoms with Crippen molar-refractivity contribution >= 4 is 11.6 Å². The molecule has 12 rings (SSSR count). The Balaban J connectivity index is -0.0000000350. The Kier molecular flexibility index (Phi) is 198. The van der Waals surface area contributed by atoms with Crippen LogP contribution in [0.1, 0.15) is 416 Å². The molecule has 18 heteroatoms. The van der Waals surface area contributed by atoms with Gasteiger partial charge in [0.25, 0.3) is 0 Å². The Morgan fingerprint density at radius 3 is 0.525 bits per heavy atom. The van der Waals surface area contributed by atoms with Crippen LogP contribution in [0.15, 0.2) is 109 Å². The zero-order valence-electron chi connectivity index (χ0n) is 59.5. The zero-order valence-corrected chi connectivity index (χ0v) is 59.5. The monoisotopic (exact) mass is 1740 g/mol. The van der Waals surface area contributed by atoms with Gasteiger partial charge in [-0.15, -0.1) is 0 Å². The van der Waals surface area contributed by atoms with Gasteiger partial charge in [-0.3, -0.25) is 9.59 Å². The van der Waals surface area contributed by atoms with Gasteiger partial charge in [-0.2, -0.15) is 0 Å². The van der Waals surface area contributed by atoms with Gasteiger partial charge < -0.3 is 79.9 Å². The van der Waals surface area contributed by atoms with E-state index >= 15 is 0 Å². The number of aromatic hydroxyl groups is 4. The van der Waals surface area contributed by atoms with Gasteiger partial charge in [0.15, 0.2) is 23.0 Å². The lowest BCUT2D eigenvalue weighted by molar-refractivity contribution is -0.121. The van der Waals surface area contributed by atoms with Gasteiger partial charge in [-0.25, -0.2) is 0 Å². The normalized spacial score (nSPS) is 17.7. The van der Waals surface area contributed by atoms with Crippen molar-refractivity contribution in [3.8, 4) is 34.5 Å².